The molecule has 0 aliphatic carbocycles. The summed E-state index contributed by atoms with van der Waals surface area (Å²) in [5.41, 5.74) is 9.81. The number of nitrogens with zero attached hydrogens (tertiary/aromatic N) is 1. The average molecular weight is 235 g/mol. The number of fused-ring (bicyclic) bond motifs is 1. The first-order chi connectivity index (χ1) is 8.84. The molecule has 0 radical (unpaired) electrons. The highest BCUT2D eigenvalue weighted by Crippen LogP contribution is 2.22. The summed E-state index contributed by atoms with van der Waals surface area (Å²) in [5.74, 6) is 0. The zero-order chi connectivity index (χ0) is 12.4. The molecule has 1 aromatic carbocycles. The van der Waals surface area contributed by atoms with Crippen molar-refractivity contribution >= 4 is 22.7 Å². The highest BCUT2D eigenvalue weighted by atomic mass is 14.7. The number of aromatic nitrogens is 2. The lowest BCUT2D eigenvalue weighted by atomic mass is 10.1. The highest BCUT2D eigenvalue weighted by Gasteiger charge is 2.05. The molecule has 3 heteroatoms. The van der Waals surface area contributed by atoms with Crippen molar-refractivity contribution in [1.82, 2.24) is 9.97 Å². The Morgan fingerprint density at radius 3 is 2.78 bits per heavy atom. The van der Waals surface area contributed by atoms with Crippen LogP contribution in [0.1, 0.15) is 11.3 Å². The molecule has 2 heterocycles. The molecule has 88 valence electrons. The van der Waals surface area contributed by atoms with Crippen LogP contribution in [0.5, 0.6) is 0 Å². The maximum Gasteiger partial charge on any atom is 0.0650 e. The van der Waals surface area contributed by atoms with Gasteiger partial charge in [-0.1, -0.05) is 24.3 Å². The largest absolute Gasteiger partial charge is 0.398 e. The smallest absolute Gasteiger partial charge is 0.0650 e. The average Bonchev–Trinajstić information content (AvgIpc) is 2.84. The number of hydrogen-bond donors (Lipinski definition) is 2. The fourth-order valence-corrected chi connectivity index (χ4v) is 2.01. The predicted molar refractivity (Wildman–Crippen MR) is 74.6 cm³/mol. The van der Waals surface area contributed by atoms with Gasteiger partial charge in [0.15, 0.2) is 0 Å². The molecule has 0 fully saturated rings. The Morgan fingerprint density at radius 1 is 1.11 bits per heavy atom. The molecule has 0 aliphatic heterocycles. The molecule has 2 aromatic heterocycles. The van der Waals surface area contributed by atoms with E-state index in [0.717, 1.165) is 22.2 Å². The van der Waals surface area contributed by atoms with Gasteiger partial charge in [-0.05, 0) is 24.3 Å². The number of hydrogen-bond acceptors (Lipinski definition) is 2. The number of aromatic amines is 1. The Hall–Kier alpha value is -2.55. The number of para-hydroxylation sites is 1. The van der Waals surface area contributed by atoms with Gasteiger partial charge in [0, 0.05) is 34.6 Å². The van der Waals surface area contributed by atoms with E-state index < -0.39 is 0 Å². The molecule has 0 bridgehead atoms. The number of pyridine rings is 1. The van der Waals surface area contributed by atoms with Crippen LogP contribution in [-0.4, -0.2) is 9.97 Å². The summed E-state index contributed by atoms with van der Waals surface area (Å²) in [6.45, 7) is 0. The van der Waals surface area contributed by atoms with Crippen molar-refractivity contribution in [3.8, 4) is 0 Å². The van der Waals surface area contributed by atoms with Gasteiger partial charge in [0.05, 0.1) is 5.69 Å². The Bertz CT molecular complexity index is 696. The summed E-state index contributed by atoms with van der Waals surface area (Å²) in [6.07, 6.45) is 5.57. The number of rotatable bonds is 2. The summed E-state index contributed by atoms with van der Waals surface area (Å²) in [7, 11) is 0. The van der Waals surface area contributed by atoms with Crippen molar-refractivity contribution in [2.45, 2.75) is 0 Å². The topological polar surface area (TPSA) is 54.7 Å². The lowest BCUT2D eigenvalue weighted by molar-refractivity contribution is 1.29. The fraction of sp³-hybridized carbons (Fsp3) is 0. The third-order valence-corrected chi connectivity index (χ3v) is 2.89. The van der Waals surface area contributed by atoms with Gasteiger partial charge >= 0.3 is 0 Å². The number of nitrogens with one attached hydrogen (secondary N) is 1. The normalized spacial score (nSPS) is 11.9. The first-order valence-electron chi connectivity index (χ1n) is 5.79. The van der Waals surface area contributed by atoms with Crippen LogP contribution in [0, 0.1) is 0 Å². The molecule has 0 atom stereocenters. The molecular weight excluding hydrogens is 222 g/mol. The maximum atomic E-state index is 6.14. The minimum atomic E-state index is 0.714. The maximum absolute atomic E-state index is 6.14. The molecule has 3 aromatic rings. The van der Waals surface area contributed by atoms with Crippen molar-refractivity contribution in [2.75, 3.05) is 0 Å². The molecule has 3 rings (SSSR count). The molecule has 0 spiro atoms. The molecule has 3 N–H and O–H groups in total. The monoisotopic (exact) mass is 235 g/mol. The van der Waals surface area contributed by atoms with Crippen molar-refractivity contribution in [3.63, 3.8) is 0 Å². The Balaban J connectivity index is 2.07. The first kappa shape index (κ1) is 10.6. The third-order valence-electron chi connectivity index (χ3n) is 2.89. The van der Waals surface area contributed by atoms with Crippen molar-refractivity contribution in [3.05, 3.63) is 66.1 Å². The number of nitrogens with two attached hydrogens (primary N) is 1. The van der Waals surface area contributed by atoms with Gasteiger partial charge in [0.2, 0.25) is 0 Å². The van der Waals surface area contributed by atoms with Crippen LogP contribution < -0.4 is 5.73 Å². The summed E-state index contributed by atoms with van der Waals surface area (Å²) in [4.78, 5) is 7.46. The SMILES string of the molecule is N/C(=C\c1ccccn1)c1c[nH]c2ccccc12. The van der Waals surface area contributed by atoms with Gasteiger partial charge in [-0.2, -0.15) is 0 Å². The van der Waals surface area contributed by atoms with Gasteiger partial charge in [-0.15, -0.1) is 0 Å². The van der Waals surface area contributed by atoms with E-state index in [2.05, 4.69) is 16.0 Å². The standard InChI is InChI=1S/C15H13N3/c16-14(9-11-5-3-4-8-17-11)13-10-18-15-7-2-1-6-12(13)15/h1-10,18H,16H2/b14-9-. The van der Waals surface area contributed by atoms with Gasteiger partial charge in [0.1, 0.15) is 0 Å². The quantitative estimate of drug-likeness (QED) is 0.717. The van der Waals surface area contributed by atoms with E-state index in [1.54, 1.807) is 6.20 Å². The van der Waals surface area contributed by atoms with Gasteiger partial charge in [0.25, 0.3) is 0 Å². The van der Waals surface area contributed by atoms with E-state index in [-0.39, 0.29) is 0 Å². The minimum Gasteiger partial charge on any atom is -0.398 e. The molecular formula is C15H13N3. The second-order valence-corrected chi connectivity index (χ2v) is 4.10. The summed E-state index contributed by atoms with van der Waals surface area (Å²) < 4.78 is 0. The second-order valence-electron chi connectivity index (χ2n) is 4.10. The van der Waals surface area contributed by atoms with Crippen molar-refractivity contribution < 1.29 is 0 Å². The molecule has 0 unspecified atom stereocenters. The van der Waals surface area contributed by atoms with Crippen LogP contribution in [0.25, 0.3) is 22.7 Å². The lowest BCUT2D eigenvalue weighted by Gasteiger charge is -1.99. The lowest BCUT2D eigenvalue weighted by Crippen LogP contribution is -1.95. The summed E-state index contributed by atoms with van der Waals surface area (Å²) >= 11 is 0. The summed E-state index contributed by atoms with van der Waals surface area (Å²) in [5, 5.41) is 1.13. The van der Waals surface area contributed by atoms with Crippen LogP contribution in [0.15, 0.2) is 54.9 Å². The molecule has 18 heavy (non-hydrogen) atoms. The Labute approximate surface area is 105 Å². The van der Waals surface area contributed by atoms with E-state index >= 15 is 0 Å². The van der Waals surface area contributed by atoms with Crippen LogP contribution in [-0.2, 0) is 0 Å². The highest BCUT2D eigenvalue weighted by molar-refractivity contribution is 5.95. The van der Waals surface area contributed by atoms with Crippen LogP contribution in [0.2, 0.25) is 0 Å². The zero-order valence-corrected chi connectivity index (χ0v) is 9.80. The van der Waals surface area contributed by atoms with E-state index in [4.69, 9.17) is 5.73 Å². The zero-order valence-electron chi connectivity index (χ0n) is 9.80. The Morgan fingerprint density at radius 2 is 1.94 bits per heavy atom. The van der Waals surface area contributed by atoms with Crippen LogP contribution in [0.3, 0.4) is 0 Å². The van der Waals surface area contributed by atoms with E-state index in [1.807, 2.05) is 48.7 Å². The van der Waals surface area contributed by atoms with Crippen LogP contribution in [0.4, 0.5) is 0 Å². The first-order valence-corrected chi connectivity index (χ1v) is 5.79. The second kappa shape index (κ2) is 4.37. The molecule has 0 amide bonds. The fourth-order valence-electron chi connectivity index (χ4n) is 2.01. The molecule has 0 saturated heterocycles. The number of benzene rings is 1. The van der Waals surface area contributed by atoms with Crippen molar-refractivity contribution in [2.24, 2.45) is 5.73 Å². The van der Waals surface area contributed by atoms with Crippen molar-refractivity contribution in [1.29, 1.82) is 0 Å². The minimum absolute atomic E-state index is 0.714. The Kier molecular flexibility index (Phi) is 2.57. The van der Waals surface area contributed by atoms with Gasteiger partial charge in [-0.3, -0.25) is 4.98 Å². The van der Waals surface area contributed by atoms with E-state index in [9.17, 15) is 0 Å². The van der Waals surface area contributed by atoms with Gasteiger partial charge < -0.3 is 10.7 Å². The summed E-state index contributed by atoms with van der Waals surface area (Å²) in [6, 6.07) is 13.9. The molecule has 3 nitrogen and oxygen atoms in total. The van der Waals surface area contributed by atoms with Crippen LogP contribution >= 0.6 is 0 Å². The number of H-pyrrole nitrogens is 1. The van der Waals surface area contributed by atoms with E-state index in [1.165, 1.54) is 0 Å². The third kappa shape index (κ3) is 1.86. The van der Waals surface area contributed by atoms with Gasteiger partial charge in [-0.25, -0.2) is 0 Å². The van der Waals surface area contributed by atoms with E-state index in [0.29, 0.717) is 5.70 Å². The predicted octanol–water partition coefficient (Wildman–Crippen LogP) is 3.02. The molecule has 0 aliphatic rings. The molecule has 0 saturated carbocycles.